The van der Waals surface area contributed by atoms with Crippen molar-refractivity contribution >= 4 is 5.97 Å². The maximum Gasteiger partial charge on any atom is 0.332 e. The standard InChI is InChI=1S/C13H24O4/c1-3-4-8-16-13(14)10-17-12-7-5-6-11(9-12)15-2/h11-12H,3-10H2,1-2H3. The zero-order valence-electron chi connectivity index (χ0n) is 10.9. The van der Waals surface area contributed by atoms with Crippen LogP contribution < -0.4 is 0 Å². The van der Waals surface area contributed by atoms with Crippen molar-refractivity contribution in [2.45, 2.75) is 57.7 Å². The number of hydrogen-bond donors (Lipinski definition) is 0. The normalized spacial score (nSPS) is 24.6. The van der Waals surface area contributed by atoms with Crippen LogP contribution in [0.4, 0.5) is 0 Å². The molecule has 2 unspecified atom stereocenters. The number of hydrogen-bond acceptors (Lipinski definition) is 4. The molecule has 1 aliphatic carbocycles. The fourth-order valence-electron chi connectivity index (χ4n) is 2.03. The van der Waals surface area contributed by atoms with Crippen LogP contribution >= 0.6 is 0 Å². The van der Waals surface area contributed by atoms with E-state index in [0.717, 1.165) is 38.5 Å². The van der Waals surface area contributed by atoms with Gasteiger partial charge in [-0.15, -0.1) is 0 Å². The Morgan fingerprint density at radius 3 is 2.76 bits per heavy atom. The molecule has 0 heterocycles. The van der Waals surface area contributed by atoms with Crippen molar-refractivity contribution in [3.63, 3.8) is 0 Å². The van der Waals surface area contributed by atoms with Gasteiger partial charge in [0, 0.05) is 7.11 Å². The number of carbonyl (C=O) groups is 1. The smallest absolute Gasteiger partial charge is 0.332 e. The van der Waals surface area contributed by atoms with Crippen LogP contribution in [0, 0.1) is 0 Å². The summed E-state index contributed by atoms with van der Waals surface area (Å²) in [6.07, 6.45) is 6.48. The summed E-state index contributed by atoms with van der Waals surface area (Å²) in [4.78, 5) is 11.3. The van der Waals surface area contributed by atoms with Crippen LogP contribution in [0.2, 0.25) is 0 Å². The van der Waals surface area contributed by atoms with E-state index in [-0.39, 0.29) is 24.8 Å². The Morgan fingerprint density at radius 1 is 1.29 bits per heavy atom. The molecule has 0 N–H and O–H groups in total. The lowest BCUT2D eigenvalue weighted by Crippen LogP contribution is -2.29. The van der Waals surface area contributed by atoms with Crippen molar-refractivity contribution in [3.05, 3.63) is 0 Å². The lowest BCUT2D eigenvalue weighted by atomic mass is 9.95. The lowest BCUT2D eigenvalue weighted by Gasteiger charge is -2.27. The van der Waals surface area contributed by atoms with Gasteiger partial charge in [0.2, 0.25) is 0 Å². The number of carbonyl (C=O) groups excluding carboxylic acids is 1. The second-order valence-corrected chi connectivity index (χ2v) is 4.53. The molecule has 0 spiro atoms. The second-order valence-electron chi connectivity index (χ2n) is 4.53. The second kappa shape index (κ2) is 8.48. The quantitative estimate of drug-likeness (QED) is 0.509. The first-order valence-electron chi connectivity index (χ1n) is 6.56. The van der Waals surface area contributed by atoms with Crippen LogP contribution in [-0.4, -0.2) is 38.5 Å². The van der Waals surface area contributed by atoms with Crippen molar-refractivity contribution in [2.24, 2.45) is 0 Å². The molecule has 0 aromatic carbocycles. The van der Waals surface area contributed by atoms with Gasteiger partial charge in [-0.2, -0.15) is 0 Å². The molecule has 4 nitrogen and oxygen atoms in total. The molecule has 1 aliphatic rings. The Morgan fingerprint density at radius 2 is 2.06 bits per heavy atom. The highest BCUT2D eigenvalue weighted by molar-refractivity contribution is 5.70. The van der Waals surface area contributed by atoms with E-state index < -0.39 is 0 Å². The predicted octanol–water partition coefficient (Wildman–Crippen LogP) is 2.30. The third-order valence-electron chi connectivity index (χ3n) is 3.11. The zero-order chi connectivity index (χ0) is 12.5. The first kappa shape index (κ1) is 14.5. The lowest BCUT2D eigenvalue weighted by molar-refractivity contribution is -0.152. The van der Waals surface area contributed by atoms with Gasteiger partial charge >= 0.3 is 5.97 Å². The number of unbranched alkanes of at least 4 members (excludes halogenated alkanes) is 1. The van der Waals surface area contributed by atoms with E-state index in [9.17, 15) is 4.79 Å². The van der Waals surface area contributed by atoms with Crippen LogP contribution in [0.25, 0.3) is 0 Å². The van der Waals surface area contributed by atoms with Crippen molar-refractivity contribution < 1.29 is 19.0 Å². The molecule has 0 aliphatic heterocycles. The van der Waals surface area contributed by atoms with Gasteiger partial charge in [-0.3, -0.25) is 0 Å². The number of rotatable bonds is 7. The molecule has 0 saturated heterocycles. The van der Waals surface area contributed by atoms with E-state index in [2.05, 4.69) is 6.92 Å². The molecule has 0 aromatic rings. The first-order chi connectivity index (χ1) is 8.26. The highest BCUT2D eigenvalue weighted by Crippen LogP contribution is 2.22. The van der Waals surface area contributed by atoms with Crippen LogP contribution in [0.5, 0.6) is 0 Å². The van der Waals surface area contributed by atoms with Gasteiger partial charge in [-0.05, 0) is 32.1 Å². The summed E-state index contributed by atoms with van der Waals surface area (Å²) in [6.45, 7) is 2.64. The Labute approximate surface area is 104 Å². The summed E-state index contributed by atoms with van der Waals surface area (Å²) in [6, 6.07) is 0. The minimum absolute atomic E-state index is 0.0742. The maximum atomic E-state index is 11.3. The number of esters is 1. The third-order valence-corrected chi connectivity index (χ3v) is 3.11. The van der Waals surface area contributed by atoms with E-state index in [0.29, 0.717) is 6.61 Å². The molecule has 4 heteroatoms. The molecule has 1 rings (SSSR count). The van der Waals surface area contributed by atoms with Gasteiger partial charge in [0.1, 0.15) is 6.61 Å². The van der Waals surface area contributed by atoms with Gasteiger partial charge in [0.15, 0.2) is 0 Å². The summed E-state index contributed by atoms with van der Waals surface area (Å²) in [5.74, 6) is -0.252. The molecule has 0 radical (unpaired) electrons. The summed E-state index contributed by atoms with van der Waals surface area (Å²) < 4.78 is 15.9. The van der Waals surface area contributed by atoms with Gasteiger partial charge in [0.05, 0.1) is 18.8 Å². The molecular weight excluding hydrogens is 220 g/mol. The molecule has 100 valence electrons. The average Bonchev–Trinajstić information content (AvgIpc) is 2.37. The van der Waals surface area contributed by atoms with Crippen molar-refractivity contribution in [3.8, 4) is 0 Å². The SMILES string of the molecule is CCCCOC(=O)COC1CCCC(OC)C1. The largest absolute Gasteiger partial charge is 0.464 e. The van der Waals surface area contributed by atoms with Crippen LogP contribution in [-0.2, 0) is 19.0 Å². The minimum atomic E-state index is -0.252. The minimum Gasteiger partial charge on any atom is -0.464 e. The molecule has 0 amide bonds. The topological polar surface area (TPSA) is 44.8 Å². The van der Waals surface area contributed by atoms with E-state index in [1.165, 1.54) is 0 Å². The maximum absolute atomic E-state index is 11.3. The van der Waals surface area contributed by atoms with Crippen LogP contribution in [0.15, 0.2) is 0 Å². The average molecular weight is 244 g/mol. The highest BCUT2D eigenvalue weighted by Gasteiger charge is 2.22. The number of ether oxygens (including phenoxy) is 3. The van der Waals surface area contributed by atoms with E-state index >= 15 is 0 Å². The third kappa shape index (κ3) is 6.03. The number of methoxy groups -OCH3 is 1. The molecule has 1 saturated carbocycles. The van der Waals surface area contributed by atoms with Gasteiger partial charge in [-0.25, -0.2) is 4.79 Å². The van der Waals surface area contributed by atoms with Crippen molar-refractivity contribution in [2.75, 3.05) is 20.3 Å². The molecule has 1 fully saturated rings. The van der Waals surface area contributed by atoms with E-state index in [1.54, 1.807) is 7.11 Å². The fraction of sp³-hybridized carbons (Fsp3) is 0.923. The van der Waals surface area contributed by atoms with Crippen LogP contribution in [0.3, 0.4) is 0 Å². The zero-order valence-corrected chi connectivity index (χ0v) is 10.9. The van der Waals surface area contributed by atoms with Gasteiger partial charge in [0.25, 0.3) is 0 Å². The van der Waals surface area contributed by atoms with E-state index in [1.807, 2.05) is 0 Å². The van der Waals surface area contributed by atoms with E-state index in [4.69, 9.17) is 14.2 Å². The molecular formula is C13H24O4. The summed E-state index contributed by atoms with van der Waals surface area (Å²) in [5, 5.41) is 0. The summed E-state index contributed by atoms with van der Waals surface area (Å²) >= 11 is 0. The summed E-state index contributed by atoms with van der Waals surface area (Å²) in [5.41, 5.74) is 0. The fourth-order valence-corrected chi connectivity index (χ4v) is 2.03. The predicted molar refractivity (Wildman–Crippen MR) is 64.9 cm³/mol. The molecule has 17 heavy (non-hydrogen) atoms. The Hall–Kier alpha value is -0.610. The van der Waals surface area contributed by atoms with Gasteiger partial charge < -0.3 is 14.2 Å². The Bertz CT molecular complexity index is 217. The van der Waals surface area contributed by atoms with Crippen LogP contribution in [0.1, 0.15) is 45.4 Å². The monoisotopic (exact) mass is 244 g/mol. The Kier molecular flexibility index (Phi) is 7.21. The highest BCUT2D eigenvalue weighted by atomic mass is 16.6. The van der Waals surface area contributed by atoms with Gasteiger partial charge in [-0.1, -0.05) is 13.3 Å². The van der Waals surface area contributed by atoms with Crippen molar-refractivity contribution in [1.82, 2.24) is 0 Å². The summed E-state index contributed by atoms with van der Waals surface area (Å²) in [7, 11) is 1.73. The first-order valence-corrected chi connectivity index (χ1v) is 6.56. The molecule has 0 aromatic heterocycles. The Balaban J connectivity index is 2.10. The van der Waals surface area contributed by atoms with Crippen molar-refractivity contribution in [1.29, 1.82) is 0 Å². The molecule has 0 bridgehead atoms. The molecule has 2 atom stereocenters.